The first kappa shape index (κ1) is 15.7. The van der Waals surface area contributed by atoms with Crippen LogP contribution in [0.2, 0.25) is 0 Å². The second kappa shape index (κ2) is 7.96. The highest BCUT2D eigenvalue weighted by Gasteiger charge is 2.10. The van der Waals surface area contributed by atoms with E-state index in [9.17, 15) is 4.79 Å². The predicted octanol–water partition coefficient (Wildman–Crippen LogP) is 3.91. The molecule has 0 unspecified atom stereocenters. The molecule has 0 aliphatic carbocycles. The van der Waals surface area contributed by atoms with Crippen LogP contribution in [0.25, 0.3) is 0 Å². The summed E-state index contributed by atoms with van der Waals surface area (Å²) in [5, 5.41) is 2.92. The van der Waals surface area contributed by atoms with Gasteiger partial charge in [-0.25, -0.2) is 0 Å². The average Bonchev–Trinajstić information content (AvgIpc) is 2.47. The Morgan fingerprint density at radius 2 is 1.90 bits per heavy atom. The minimum Gasteiger partial charge on any atom is -0.325 e. The molecule has 0 aliphatic rings. The Bertz CT molecular complexity index is 586. The first-order chi connectivity index (χ1) is 10.2. The summed E-state index contributed by atoms with van der Waals surface area (Å²) in [6.07, 6.45) is 0. The largest absolute Gasteiger partial charge is 0.325 e. The van der Waals surface area contributed by atoms with Gasteiger partial charge < -0.3 is 5.32 Å². The van der Waals surface area contributed by atoms with Crippen molar-refractivity contribution in [3.8, 4) is 0 Å². The lowest BCUT2D eigenvalue weighted by atomic mass is 10.2. The molecule has 0 aliphatic heterocycles. The first-order valence-electron chi connectivity index (χ1n) is 6.99. The van der Waals surface area contributed by atoms with Gasteiger partial charge in [0.15, 0.2) is 0 Å². The maximum Gasteiger partial charge on any atom is 0.238 e. The Labute approximate surface area is 134 Å². The zero-order valence-corrected chi connectivity index (χ0v) is 13.6. The quantitative estimate of drug-likeness (QED) is 0.859. The Morgan fingerprint density at radius 3 is 2.57 bits per heavy atom. The molecule has 0 radical (unpaired) electrons. The maximum atomic E-state index is 12.1. The molecule has 0 aromatic heterocycles. The van der Waals surface area contributed by atoms with Gasteiger partial charge >= 0.3 is 0 Å². The molecule has 0 atom stereocenters. The van der Waals surface area contributed by atoms with Crippen LogP contribution in [-0.4, -0.2) is 23.9 Å². The van der Waals surface area contributed by atoms with Crippen molar-refractivity contribution >= 4 is 27.5 Å². The highest BCUT2D eigenvalue weighted by Crippen LogP contribution is 2.15. The number of carbonyl (C=O) groups is 1. The Morgan fingerprint density at radius 1 is 1.14 bits per heavy atom. The van der Waals surface area contributed by atoms with Crippen molar-refractivity contribution in [2.75, 3.05) is 18.4 Å². The van der Waals surface area contributed by atoms with Gasteiger partial charge in [0.05, 0.1) is 6.54 Å². The van der Waals surface area contributed by atoms with Crippen LogP contribution in [0.15, 0.2) is 59.1 Å². The fourth-order valence-corrected chi connectivity index (χ4v) is 2.49. The van der Waals surface area contributed by atoms with E-state index >= 15 is 0 Å². The van der Waals surface area contributed by atoms with Crippen molar-refractivity contribution in [2.45, 2.75) is 13.5 Å². The Kier molecular flexibility index (Phi) is 5.96. The molecule has 0 bridgehead atoms. The minimum absolute atomic E-state index is 0.00545. The Hall–Kier alpha value is -1.65. The third-order valence-corrected chi connectivity index (χ3v) is 3.67. The lowest BCUT2D eigenvalue weighted by molar-refractivity contribution is -0.117. The summed E-state index contributed by atoms with van der Waals surface area (Å²) < 4.78 is 0.955. The lowest BCUT2D eigenvalue weighted by Gasteiger charge is -2.20. The van der Waals surface area contributed by atoms with Gasteiger partial charge in [0.25, 0.3) is 0 Å². The van der Waals surface area contributed by atoms with E-state index in [4.69, 9.17) is 0 Å². The predicted molar refractivity (Wildman–Crippen MR) is 90.2 cm³/mol. The van der Waals surface area contributed by atoms with Gasteiger partial charge in [-0.3, -0.25) is 9.69 Å². The molecule has 0 saturated heterocycles. The molecule has 3 nitrogen and oxygen atoms in total. The van der Waals surface area contributed by atoms with Gasteiger partial charge in [-0.15, -0.1) is 0 Å². The van der Waals surface area contributed by atoms with Crippen LogP contribution in [0.1, 0.15) is 12.5 Å². The summed E-state index contributed by atoms with van der Waals surface area (Å²) in [4.78, 5) is 14.2. The SMILES string of the molecule is CCN(CC(=O)Nc1cccc(Br)c1)Cc1ccccc1. The van der Waals surface area contributed by atoms with Crippen molar-refractivity contribution in [3.63, 3.8) is 0 Å². The van der Waals surface area contributed by atoms with Crippen molar-refractivity contribution in [2.24, 2.45) is 0 Å². The molecule has 1 N–H and O–H groups in total. The van der Waals surface area contributed by atoms with Gasteiger partial charge in [0.1, 0.15) is 0 Å². The van der Waals surface area contributed by atoms with Gasteiger partial charge in [0.2, 0.25) is 5.91 Å². The molecule has 2 aromatic carbocycles. The van der Waals surface area contributed by atoms with Crippen LogP contribution in [0.4, 0.5) is 5.69 Å². The molecule has 0 heterocycles. The number of hydrogen-bond donors (Lipinski definition) is 1. The molecule has 21 heavy (non-hydrogen) atoms. The summed E-state index contributed by atoms with van der Waals surface area (Å²) in [7, 11) is 0. The van der Waals surface area contributed by atoms with Crippen LogP contribution in [0.3, 0.4) is 0 Å². The van der Waals surface area contributed by atoms with Crippen LogP contribution < -0.4 is 5.32 Å². The number of hydrogen-bond acceptors (Lipinski definition) is 2. The van der Waals surface area contributed by atoms with E-state index in [2.05, 4.69) is 45.2 Å². The van der Waals surface area contributed by atoms with Gasteiger partial charge in [-0.05, 0) is 30.3 Å². The Balaban J connectivity index is 1.90. The normalized spacial score (nSPS) is 10.6. The van der Waals surface area contributed by atoms with Crippen LogP contribution in [0, 0.1) is 0 Å². The summed E-state index contributed by atoms with van der Waals surface area (Å²) in [5.41, 5.74) is 2.03. The monoisotopic (exact) mass is 346 g/mol. The highest BCUT2D eigenvalue weighted by molar-refractivity contribution is 9.10. The molecule has 0 fully saturated rings. The minimum atomic E-state index is 0.00545. The van der Waals surface area contributed by atoms with Gasteiger partial charge in [0, 0.05) is 16.7 Å². The number of halogens is 1. The molecule has 0 saturated carbocycles. The third kappa shape index (κ3) is 5.33. The van der Waals surface area contributed by atoms with E-state index in [0.29, 0.717) is 6.54 Å². The zero-order chi connectivity index (χ0) is 15.1. The number of amides is 1. The highest BCUT2D eigenvalue weighted by atomic mass is 79.9. The smallest absolute Gasteiger partial charge is 0.238 e. The molecule has 110 valence electrons. The molecule has 0 spiro atoms. The second-order valence-electron chi connectivity index (χ2n) is 4.85. The number of nitrogens with zero attached hydrogens (tertiary/aromatic N) is 1. The summed E-state index contributed by atoms with van der Waals surface area (Å²) >= 11 is 3.40. The number of benzene rings is 2. The molecule has 2 aromatic rings. The molecular formula is C17H19BrN2O. The number of likely N-dealkylation sites (N-methyl/N-ethyl adjacent to an activating group) is 1. The molecular weight excluding hydrogens is 328 g/mol. The number of nitrogens with one attached hydrogen (secondary N) is 1. The maximum absolute atomic E-state index is 12.1. The van der Waals surface area contributed by atoms with Crippen molar-refractivity contribution in [1.82, 2.24) is 4.90 Å². The standard InChI is InChI=1S/C17H19BrN2O/c1-2-20(12-14-7-4-3-5-8-14)13-17(21)19-16-10-6-9-15(18)11-16/h3-11H,2,12-13H2,1H3,(H,19,21). The van der Waals surface area contributed by atoms with Crippen LogP contribution in [-0.2, 0) is 11.3 Å². The van der Waals surface area contributed by atoms with Crippen molar-refractivity contribution < 1.29 is 4.79 Å². The number of carbonyl (C=O) groups excluding carboxylic acids is 1. The van der Waals surface area contributed by atoms with E-state index in [-0.39, 0.29) is 5.91 Å². The van der Waals surface area contributed by atoms with E-state index in [1.165, 1.54) is 5.56 Å². The number of rotatable bonds is 6. The fraction of sp³-hybridized carbons (Fsp3) is 0.235. The lowest BCUT2D eigenvalue weighted by Crippen LogP contribution is -2.32. The summed E-state index contributed by atoms with van der Waals surface area (Å²) in [6.45, 7) is 4.07. The van der Waals surface area contributed by atoms with Crippen LogP contribution >= 0.6 is 15.9 Å². The van der Waals surface area contributed by atoms with Crippen LogP contribution in [0.5, 0.6) is 0 Å². The van der Waals surface area contributed by atoms with Gasteiger partial charge in [-0.1, -0.05) is 59.3 Å². The number of anilines is 1. The molecule has 2 rings (SSSR count). The molecule has 1 amide bonds. The van der Waals surface area contributed by atoms with Crippen molar-refractivity contribution in [1.29, 1.82) is 0 Å². The van der Waals surface area contributed by atoms with Gasteiger partial charge in [-0.2, -0.15) is 0 Å². The van der Waals surface area contributed by atoms with E-state index in [1.807, 2.05) is 42.5 Å². The summed E-state index contributed by atoms with van der Waals surface area (Å²) in [6, 6.07) is 17.8. The first-order valence-corrected chi connectivity index (χ1v) is 7.78. The third-order valence-electron chi connectivity index (χ3n) is 3.17. The second-order valence-corrected chi connectivity index (χ2v) is 5.76. The molecule has 4 heteroatoms. The zero-order valence-electron chi connectivity index (χ0n) is 12.1. The summed E-state index contributed by atoms with van der Waals surface area (Å²) in [5.74, 6) is 0.00545. The van der Waals surface area contributed by atoms with E-state index in [1.54, 1.807) is 0 Å². The van der Waals surface area contributed by atoms with E-state index < -0.39 is 0 Å². The van der Waals surface area contributed by atoms with E-state index in [0.717, 1.165) is 23.2 Å². The average molecular weight is 347 g/mol. The van der Waals surface area contributed by atoms with Crippen molar-refractivity contribution in [3.05, 3.63) is 64.6 Å². The topological polar surface area (TPSA) is 32.3 Å². The fourth-order valence-electron chi connectivity index (χ4n) is 2.09.